The number of allylic oxidation sites excluding steroid dienone is 1. The molecule has 0 unspecified atom stereocenters. The van der Waals surface area contributed by atoms with Gasteiger partial charge in [0.1, 0.15) is 11.5 Å². The summed E-state index contributed by atoms with van der Waals surface area (Å²) >= 11 is 0. The molecule has 0 saturated heterocycles. The summed E-state index contributed by atoms with van der Waals surface area (Å²) in [5, 5.41) is 30.1. The molecule has 0 bridgehead atoms. The third-order valence-corrected chi connectivity index (χ3v) is 7.87. The van der Waals surface area contributed by atoms with Crippen LogP contribution in [-0.2, 0) is 6.42 Å². The molecule has 39 heavy (non-hydrogen) atoms. The zero-order chi connectivity index (χ0) is 27.7. The number of unbranched alkanes of at least 4 members (excludes halogenated alkanes) is 1. The van der Waals surface area contributed by atoms with E-state index in [0.29, 0.717) is 62.1 Å². The van der Waals surface area contributed by atoms with Crippen molar-refractivity contribution in [1.29, 1.82) is 0 Å². The van der Waals surface area contributed by atoms with Crippen LogP contribution in [0.15, 0.2) is 27.3 Å². The Bertz CT molecular complexity index is 1980. The van der Waals surface area contributed by atoms with Gasteiger partial charge < -0.3 is 29.7 Å². The number of phenols is 2. The monoisotopic (exact) mass is 527 g/mol. The SMILES string of the molecule is CCCCNc1c(O)c2c(=O)cc(OC)c3c4c(OC)cc(=O)c5c(O)c(OC)c6c(c(c1C=C(C)C6)c23)c54. The van der Waals surface area contributed by atoms with E-state index < -0.39 is 5.43 Å². The molecule has 0 aliphatic heterocycles. The molecule has 0 radical (unpaired) electrons. The number of anilines is 1. The van der Waals surface area contributed by atoms with Crippen molar-refractivity contribution in [2.75, 3.05) is 33.2 Å². The largest absolute Gasteiger partial charge is 0.505 e. The molecule has 8 nitrogen and oxygen atoms in total. The van der Waals surface area contributed by atoms with Gasteiger partial charge in [0.15, 0.2) is 28.1 Å². The fourth-order valence-corrected chi connectivity index (χ4v) is 6.31. The first-order chi connectivity index (χ1) is 18.8. The van der Waals surface area contributed by atoms with Crippen molar-refractivity contribution in [3.8, 4) is 28.7 Å². The van der Waals surface area contributed by atoms with Crippen molar-refractivity contribution in [2.45, 2.75) is 33.1 Å². The zero-order valence-corrected chi connectivity index (χ0v) is 22.5. The molecule has 0 fully saturated rings. The minimum Gasteiger partial charge on any atom is -0.505 e. The van der Waals surface area contributed by atoms with E-state index in [9.17, 15) is 19.8 Å². The third kappa shape index (κ3) is 3.17. The summed E-state index contributed by atoms with van der Waals surface area (Å²) in [6.07, 6.45) is 4.23. The number of hydrogen-bond acceptors (Lipinski definition) is 8. The molecule has 0 aromatic heterocycles. The summed E-state index contributed by atoms with van der Waals surface area (Å²) in [6.45, 7) is 4.64. The lowest BCUT2D eigenvalue weighted by atomic mass is 9.83. The van der Waals surface area contributed by atoms with Gasteiger partial charge in [0, 0.05) is 56.7 Å². The highest BCUT2D eigenvalue weighted by molar-refractivity contribution is 6.39. The molecule has 0 amide bonds. The van der Waals surface area contributed by atoms with Crippen LogP contribution in [0.3, 0.4) is 0 Å². The average Bonchev–Trinajstić information content (AvgIpc) is 3.06. The number of rotatable bonds is 7. The van der Waals surface area contributed by atoms with E-state index in [1.54, 1.807) is 0 Å². The van der Waals surface area contributed by atoms with Gasteiger partial charge in [0.25, 0.3) is 0 Å². The number of methoxy groups -OCH3 is 3. The summed E-state index contributed by atoms with van der Waals surface area (Å²) in [6, 6.07) is 2.68. The summed E-state index contributed by atoms with van der Waals surface area (Å²) in [7, 11) is 4.40. The molecule has 1 aliphatic rings. The number of fused-ring (bicyclic) bond motifs is 1. The molecule has 8 heteroatoms. The first-order valence-electron chi connectivity index (χ1n) is 12.9. The molecule has 3 N–H and O–H groups in total. The Morgan fingerprint density at radius 3 is 1.95 bits per heavy atom. The normalized spacial score (nSPS) is 13.0. The van der Waals surface area contributed by atoms with Gasteiger partial charge in [0.05, 0.1) is 37.8 Å². The molecular formula is C31H29NO7. The summed E-state index contributed by atoms with van der Waals surface area (Å²) in [4.78, 5) is 27.1. The molecule has 200 valence electrons. The Hall–Kier alpha value is -4.46. The average molecular weight is 528 g/mol. The van der Waals surface area contributed by atoms with E-state index in [2.05, 4.69) is 12.2 Å². The minimum absolute atomic E-state index is 0.104. The Labute approximate surface area is 223 Å². The van der Waals surface area contributed by atoms with E-state index in [1.807, 2.05) is 13.0 Å². The predicted molar refractivity (Wildman–Crippen MR) is 155 cm³/mol. The van der Waals surface area contributed by atoms with Crippen LogP contribution in [0, 0.1) is 0 Å². The number of ether oxygens (including phenoxy) is 3. The number of hydrogen-bond donors (Lipinski definition) is 3. The number of aromatic hydroxyl groups is 2. The van der Waals surface area contributed by atoms with Crippen LogP contribution < -0.4 is 30.4 Å². The van der Waals surface area contributed by atoms with Crippen LogP contribution in [-0.4, -0.2) is 38.1 Å². The van der Waals surface area contributed by atoms with Crippen molar-refractivity contribution in [2.24, 2.45) is 0 Å². The van der Waals surface area contributed by atoms with Gasteiger partial charge in [-0.15, -0.1) is 0 Å². The van der Waals surface area contributed by atoms with E-state index in [1.165, 1.54) is 33.5 Å². The van der Waals surface area contributed by atoms with Crippen LogP contribution in [0.2, 0.25) is 0 Å². The molecule has 5 aromatic rings. The Balaban J connectivity index is 2.08. The molecule has 0 saturated carbocycles. The molecule has 0 spiro atoms. The number of phenolic OH excluding ortho intramolecular Hbond substituents is 2. The van der Waals surface area contributed by atoms with Crippen molar-refractivity contribution < 1.29 is 24.4 Å². The highest BCUT2D eigenvalue weighted by atomic mass is 16.5. The van der Waals surface area contributed by atoms with Gasteiger partial charge >= 0.3 is 0 Å². The van der Waals surface area contributed by atoms with Crippen LogP contribution in [0.25, 0.3) is 49.2 Å². The van der Waals surface area contributed by atoms with Crippen molar-refractivity contribution >= 4 is 54.9 Å². The van der Waals surface area contributed by atoms with Crippen LogP contribution in [0.4, 0.5) is 5.69 Å². The second-order valence-corrected chi connectivity index (χ2v) is 10.1. The maximum absolute atomic E-state index is 13.6. The molecule has 6 rings (SSSR count). The third-order valence-electron chi connectivity index (χ3n) is 7.87. The fraction of sp³-hybridized carbons (Fsp3) is 0.290. The number of benzene rings is 5. The lowest BCUT2D eigenvalue weighted by molar-refractivity contribution is 0.373. The molecule has 1 aliphatic carbocycles. The zero-order valence-electron chi connectivity index (χ0n) is 22.5. The molecule has 0 atom stereocenters. The summed E-state index contributed by atoms with van der Waals surface area (Å²) < 4.78 is 17.1. The van der Waals surface area contributed by atoms with E-state index >= 15 is 0 Å². The fourth-order valence-electron chi connectivity index (χ4n) is 6.31. The summed E-state index contributed by atoms with van der Waals surface area (Å²) in [5.41, 5.74) is 2.00. The first kappa shape index (κ1) is 24.9. The second-order valence-electron chi connectivity index (χ2n) is 10.1. The van der Waals surface area contributed by atoms with Crippen LogP contribution in [0.1, 0.15) is 37.8 Å². The standard InChI is InChI=1S/C31H29NO7/c1-6-7-8-32-28-14-9-13(2)10-15-21-20(14)26-22(29(28)35)16(33)11-18(37-3)24(26)25-19(38-4)12-17(34)23(27(21)25)30(36)31(15)39-5/h9,11-12,32,35-36H,6-8,10H2,1-5H3. The van der Waals surface area contributed by atoms with Gasteiger partial charge in [0.2, 0.25) is 0 Å². The topological polar surface area (TPSA) is 114 Å². The smallest absolute Gasteiger partial charge is 0.194 e. The van der Waals surface area contributed by atoms with Gasteiger partial charge in [-0.25, -0.2) is 0 Å². The molecule has 0 heterocycles. The van der Waals surface area contributed by atoms with E-state index in [4.69, 9.17) is 14.2 Å². The summed E-state index contributed by atoms with van der Waals surface area (Å²) in [5.74, 6) is 0.401. The van der Waals surface area contributed by atoms with Gasteiger partial charge in [-0.1, -0.05) is 25.0 Å². The van der Waals surface area contributed by atoms with Crippen molar-refractivity contribution in [1.82, 2.24) is 0 Å². The van der Waals surface area contributed by atoms with E-state index in [0.717, 1.165) is 18.4 Å². The van der Waals surface area contributed by atoms with Crippen molar-refractivity contribution in [3.05, 3.63) is 49.3 Å². The second kappa shape index (κ2) is 8.80. The minimum atomic E-state index is -0.418. The lowest BCUT2D eigenvalue weighted by Gasteiger charge is -2.24. The van der Waals surface area contributed by atoms with Crippen molar-refractivity contribution in [3.63, 3.8) is 0 Å². The van der Waals surface area contributed by atoms with Gasteiger partial charge in [-0.2, -0.15) is 0 Å². The molecule has 5 aromatic carbocycles. The maximum atomic E-state index is 13.6. The Kier molecular flexibility index (Phi) is 5.61. The lowest BCUT2D eigenvalue weighted by Crippen LogP contribution is -2.10. The predicted octanol–water partition coefficient (Wildman–Crippen LogP) is 5.50. The van der Waals surface area contributed by atoms with Gasteiger partial charge in [-0.3, -0.25) is 9.59 Å². The quantitative estimate of drug-likeness (QED) is 0.110. The highest BCUT2D eigenvalue weighted by Gasteiger charge is 2.32. The first-order valence-corrected chi connectivity index (χ1v) is 12.9. The highest BCUT2D eigenvalue weighted by Crippen LogP contribution is 2.56. The van der Waals surface area contributed by atoms with Gasteiger partial charge in [-0.05, 0) is 25.2 Å². The van der Waals surface area contributed by atoms with E-state index in [-0.39, 0.29) is 44.9 Å². The number of nitrogens with one attached hydrogen (secondary N) is 1. The van der Waals surface area contributed by atoms with Crippen LogP contribution in [0.5, 0.6) is 28.7 Å². The Morgan fingerprint density at radius 1 is 0.795 bits per heavy atom. The Morgan fingerprint density at radius 2 is 1.38 bits per heavy atom. The van der Waals surface area contributed by atoms with Crippen LogP contribution >= 0.6 is 0 Å². The molecular weight excluding hydrogens is 498 g/mol. The maximum Gasteiger partial charge on any atom is 0.194 e.